The minimum absolute atomic E-state index is 0. The van der Waals surface area contributed by atoms with Crippen LogP contribution in [-0.2, 0) is 4.79 Å². The van der Waals surface area contributed by atoms with Crippen LogP contribution in [0.5, 0.6) is 0 Å². The fourth-order valence-electron chi connectivity index (χ4n) is 1.01. The molecule has 0 saturated heterocycles. The third kappa shape index (κ3) is 1.81. The molecule has 0 heterocycles. The molecule has 0 aliphatic heterocycles. The molecule has 0 aromatic heterocycles. The summed E-state index contributed by atoms with van der Waals surface area (Å²) in [6, 6.07) is 0. The second-order valence-corrected chi connectivity index (χ2v) is 2.44. The maximum Gasteiger partial charge on any atom is 0.187 e. The molecule has 0 radical (unpaired) electrons. The van der Waals surface area contributed by atoms with Crippen LogP contribution in [0.15, 0.2) is 23.8 Å². The van der Waals surface area contributed by atoms with E-state index in [0.717, 1.165) is 0 Å². The minimum Gasteiger partial charge on any atom is -0.385 e. The lowest BCUT2D eigenvalue weighted by atomic mass is 10.1. The van der Waals surface area contributed by atoms with E-state index in [4.69, 9.17) is 10.2 Å². The van der Waals surface area contributed by atoms with E-state index in [1.807, 2.05) is 0 Å². The molecule has 3 nitrogen and oxygen atoms in total. The third-order valence-corrected chi connectivity index (χ3v) is 1.60. The Labute approximate surface area is 72.0 Å². The van der Waals surface area contributed by atoms with Gasteiger partial charge in [0.15, 0.2) is 5.78 Å². The highest BCUT2D eigenvalue weighted by Gasteiger charge is 2.31. The van der Waals surface area contributed by atoms with Crippen LogP contribution in [0.1, 0.15) is 14.4 Å². The number of ketones is 1. The number of carbonyl (C=O) groups excluding carboxylic acids is 1. The zero-order chi connectivity index (χ0) is 8.43. The van der Waals surface area contributed by atoms with E-state index < -0.39 is 18.0 Å². The highest BCUT2D eigenvalue weighted by Crippen LogP contribution is 2.17. The van der Waals surface area contributed by atoms with Crippen LogP contribution in [0.2, 0.25) is 0 Å². The second-order valence-electron chi connectivity index (χ2n) is 2.44. The summed E-state index contributed by atoms with van der Waals surface area (Å²) in [6.07, 6.45) is 2.27. The molecule has 0 saturated carbocycles. The Hall–Kier alpha value is -0.930. The SMILES string of the molecule is C.C/C=C/C1=CC(=O)[C@H](O)[C@H]1O. The van der Waals surface area contributed by atoms with Crippen molar-refractivity contribution in [1.82, 2.24) is 0 Å². The van der Waals surface area contributed by atoms with E-state index in [1.165, 1.54) is 6.08 Å². The van der Waals surface area contributed by atoms with Crippen molar-refractivity contribution in [3.05, 3.63) is 23.8 Å². The molecule has 0 bridgehead atoms. The molecule has 2 N–H and O–H groups in total. The lowest BCUT2D eigenvalue weighted by molar-refractivity contribution is -0.124. The fourth-order valence-corrected chi connectivity index (χ4v) is 1.01. The van der Waals surface area contributed by atoms with Gasteiger partial charge in [-0.05, 0) is 18.6 Å². The summed E-state index contributed by atoms with van der Waals surface area (Å²) < 4.78 is 0. The van der Waals surface area contributed by atoms with Crippen LogP contribution in [-0.4, -0.2) is 28.2 Å². The third-order valence-electron chi connectivity index (χ3n) is 1.60. The summed E-state index contributed by atoms with van der Waals surface area (Å²) in [4.78, 5) is 10.7. The number of rotatable bonds is 1. The fraction of sp³-hybridized carbons (Fsp3) is 0.444. The summed E-state index contributed by atoms with van der Waals surface area (Å²) in [6.45, 7) is 1.78. The molecule has 68 valence electrons. The zero-order valence-electron chi connectivity index (χ0n) is 6.19. The first-order valence-corrected chi connectivity index (χ1v) is 3.41. The molecule has 3 heteroatoms. The molecule has 1 aliphatic carbocycles. The summed E-state index contributed by atoms with van der Waals surface area (Å²) >= 11 is 0. The predicted molar refractivity (Wildman–Crippen MR) is 46.6 cm³/mol. The lowest BCUT2D eigenvalue weighted by Gasteiger charge is -2.07. The van der Waals surface area contributed by atoms with Crippen molar-refractivity contribution in [3.8, 4) is 0 Å². The Morgan fingerprint density at radius 3 is 2.33 bits per heavy atom. The van der Waals surface area contributed by atoms with Crippen LogP contribution in [0.3, 0.4) is 0 Å². The normalized spacial score (nSPS) is 28.9. The summed E-state index contributed by atoms with van der Waals surface area (Å²) in [5.41, 5.74) is 0.477. The Morgan fingerprint density at radius 1 is 1.42 bits per heavy atom. The van der Waals surface area contributed by atoms with Gasteiger partial charge in [0.25, 0.3) is 0 Å². The largest absolute Gasteiger partial charge is 0.385 e. The van der Waals surface area contributed by atoms with Crippen molar-refractivity contribution in [2.24, 2.45) is 0 Å². The van der Waals surface area contributed by atoms with Gasteiger partial charge in [0.2, 0.25) is 0 Å². The molecular formula is C9H14O3. The van der Waals surface area contributed by atoms with Gasteiger partial charge < -0.3 is 10.2 Å². The average molecular weight is 170 g/mol. The highest BCUT2D eigenvalue weighted by molar-refractivity contribution is 5.98. The van der Waals surface area contributed by atoms with Crippen LogP contribution in [0.25, 0.3) is 0 Å². The van der Waals surface area contributed by atoms with Crippen molar-refractivity contribution >= 4 is 5.78 Å². The van der Waals surface area contributed by atoms with E-state index in [9.17, 15) is 4.79 Å². The number of aliphatic hydroxyl groups is 2. The quantitative estimate of drug-likeness (QED) is 0.600. The zero-order valence-corrected chi connectivity index (χ0v) is 6.19. The minimum atomic E-state index is -1.26. The van der Waals surface area contributed by atoms with Gasteiger partial charge in [0, 0.05) is 0 Å². The Kier molecular flexibility index (Phi) is 3.86. The van der Waals surface area contributed by atoms with Gasteiger partial charge in [-0.3, -0.25) is 4.79 Å². The molecular weight excluding hydrogens is 156 g/mol. The Balaban J connectivity index is 0.00000121. The first kappa shape index (κ1) is 11.1. The van der Waals surface area contributed by atoms with E-state index in [1.54, 1.807) is 19.1 Å². The molecule has 2 atom stereocenters. The molecule has 0 spiro atoms. The second kappa shape index (κ2) is 4.18. The molecule has 0 aromatic rings. The standard InChI is InChI=1S/C8H10O3.CH4/c1-2-3-5-4-6(9)8(11)7(5)10;/h2-4,7-8,10-11H,1H3;1H4/b3-2+;/t7-,8-;/m0./s1. The molecule has 0 unspecified atom stereocenters. The maximum absolute atomic E-state index is 10.7. The molecule has 1 aliphatic rings. The Morgan fingerprint density at radius 2 is 2.00 bits per heavy atom. The van der Waals surface area contributed by atoms with E-state index in [-0.39, 0.29) is 7.43 Å². The first-order chi connectivity index (χ1) is 5.16. The summed E-state index contributed by atoms with van der Waals surface area (Å²) in [5, 5.41) is 18.1. The van der Waals surface area contributed by atoms with Gasteiger partial charge >= 0.3 is 0 Å². The van der Waals surface area contributed by atoms with Gasteiger partial charge in [-0.1, -0.05) is 19.6 Å². The van der Waals surface area contributed by atoms with Gasteiger partial charge in [0.05, 0.1) is 0 Å². The molecule has 12 heavy (non-hydrogen) atoms. The van der Waals surface area contributed by atoms with Gasteiger partial charge in [-0.15, -0.1) is 0 Å². The van der Waals surface area contributed by atoms with Gasteiger partial charge in [-0.25, -0.2) is 0 Å². The van der Waals surface area contributed by atoms with Crippen molar-refractivity contribution in [3.63, 3.8) is 0 Å². The van der Waals surface area contributed by atoms with E-state index in [2.05, 4.69) is 0 Å². The lowest BCUT2D eigenvalue weighted by Crippen LogP contribution is -2.27. The van der Waals surface area contributed by atoms with Crippen LogP contribution < -0.4 is 0 Å². The number of aliphatic hydroxyl groups excluding tert-OH is 2. The summed E-state index contributed by atoms with van der Waals surface area (Å²) in [5.74, 6) is -0.425. The predicted octanol–water partition coefficient (Wildman–Crippen LogP) is 0.430. The Bertz CT molecular complexity index is 228. The van der Waals surface area contributed by atoms with E-state index in [0.29, 0.717) is 5.57 Å². The van der Waals surface area contributed by atoms with E-state index >= 15 is 0 Å². The first-order valence-electron chi connectivity index (χ1n) is 3.41. The van der Waals surface area contributed by atoms with Crippen LogP contribution in [0, 0.1) is 0 Å². The monoisotopic (exact) mass is 170 g/mol. The highest BCUT2D eigenvalue weighted by atomic mass is 16.3. The van der Waals surface area contributed by atoms with Crippen molar-refractivity contribution in [2.45, 2.75) is 26.6 Å². The molecule has 0 aromatic carbocycles. The number of hydrogen-bond acceptors (Lipinski definition) is 3. The number of carbonyl (C=O) groups is 1. The van der Waals surface area contributed by atoms with Crippen molar-refractivity contribution < 1.29 is 15.0 Å². The van der Waals surface area contributed by atoms with Crippen molar-refractivity contribution in [1.29, 1.82) is 0 Å². The molecule has 1 rings (SSSR count). The smallest absolute Gasteiger partial charge is 0.187 e. The topological polar surface area (TPSA) is 57.5 Å². The van der Waals surface area contributed by atoms with Crippen LogP contribution >= 0.6 is 0 Å². The van der Waals surface area contributed by atoms with Crippen molar-refractivity contribution in [2.75, 3.05) is 0 Å². The molecule has 0 amide bonds. The number of allylic oxidation sites excluding steroid dienone is 1. The number of hydrogen-bond donors (Lipinski definition) is 2. The molecule has 0 fully saturated rings. The maximum atomic E-state index is 10.7. The average Bonchev–Trinajstić information content (AvgIpc) is 2.19. The summed E-state index contributed by atoms with van der Waals surface area (Å²) in [7, 11) is 0. The van der Waals surface area contributed by atoms with Gasteiger partial charge in [-0.2, -0.15) is 0 Å². The van der Waals surface area contributed by atoms with Gasteiger partial charge in [0.1, 0.15) is 12.2 Å². The van der Waals surface area contributed by atoms with Crippen LogP contribution in [0.4, 0.5) is 0 Å².